The number of urea groups is 1. The molecule has 26 heavy (non-hydrogen) atoms. The first kappa shape index (κ1) is 18.8. The highest BCUT2D eigenvalue weighted by atomic mass is 16.5. The number of rotatable bonds is 6. The van der Waals surface area contributed by atoms with Gasteiger partial charge < -0.3 is 30.0 Å². The molecule has 0 radical (unpaired) electrons. The number of ether oxygens (including phenoxy) is 3. The van der Waals surface area contributed by atoms with E-state index in [0.717, 1.165) is 19.5 Å². The summed E-state index contributed by atoms with van der Waals surface area (Å²) in [6, 6.07) is 5.37. The Hall–Kier alpha value is -2.03. The lowest BCUT2D eigenvalue weighted by Crippen LogP contribution is -2.46. The molecule has 8 nitrogen and oxygen atoms in total. The number of amides is 2. The van der Waals surface area contributed by atoms with Gasteiger partial charge in [-0.25, -0.2) is 4.79 Å². The highest BCUT2D eigenvalue weighted by Crippen LogP contribution is 2.29. The van der Waals surface area contributed by atoms with Crippen molar-refractivity contribution < 1.29 is 24.1 Å². The van der Waals surface area contributed by atoms with Crippen molar-refractivity contribution in [1.82, 2.24) is 10.2 Å². The van der Waals surface area contributed by atoms with Gasteiger partial charge in [0.05, 0.1) is 32.6 Å². The number of carbonyl (C=O) groups excluding carboxylic acids is 1. The van der Waals surface area contributed by atoms with Crippen LogP contribution in [0.2, 0.25) is 0 Å². The first-order valence-corrected chi connectivity index (χ1v) is 8.89. The van der Waals surface area contributed by atoms with Crippen molar-refractivity contribution in [2.24, 2.45) is 0 Å². The molecule has 2 aliphatic heterocycles. The number of fused-ring (bicyclic) bond motifs is 1. The third-order valence-corrected chi connectivity index (χ3v) is 4.93. The van der Waals surface area contributed by atoms with Gasteiger partial charge in [-0.1, -0.05) is 0 Å². The number of methoxy groups -OCH3 is 2. The van der Waals surface area contributed by atoms with E-state index in [4.69, 9.17) is 19.3 Å². The Kier molecular flexibility index (Phi) is 6.18. The predicted molar refractivity (Wildman–Crippen MR) is 96.9 cm³/mol. The van der Waals surface area contributed by atoms with Crippen LogP contribution in [0.25, 0.3) is 0 Å². The molecule has 2 heterocycles. The first-order chi connectivity index (χ1) is 12.6. The van der Waals surface area contributed by atoms with Gasteiger partial charge in [-0.3, -0.25) is 4.90 Å². The monoisotopic (exact) mass is 365 g/mol. The van der Waals surface area contributed by atoms with Crippen LogP contribution in [0.1, 0.15) is 12.8 Å². The van der Waals surface area contributed by atoms with E-state index in [-0.39, 0.29) is 24.8 Å². The second-order valence-electron chi connectivity index (χ2n) is 6.67. The molecule has 3 N–H and O–H groups in total. The minimum atomic E-state index is -0.269. The van der Waals surface area contributed by atoms with Gasteiger partial charge in [0.15, 0.2) is 0 Å². The summed E-state index contributed by atoms with van der Waals surface area (Å²) in [4.78, 5) is 14.7. The average Bonchev–Trinajstić information content (AvgIpc) is 3.03. The number of nitrogens with one attached hydrogen (secondary N) is 2. The molecule has 2 saturated heterocycles. The summed E-state index contributed by atoms with van der Waals surface area (Å²) in [5.41, 5.74) is 0.561. The van der Waals surface area contributed by atoms with Crippen LogP contribution in [0.4, 0.5) is 10.5 Å². The van der Waals surface area contributed by atoms with Crippen LogP contribution in [0.3, 0.4) is 0 Å². The van der Waals surface area contributed by atoms with E-state index in [1.165, 1.54) is 0 Å². The van der Waals surface area contributed by atoms with E-state index in [1.54, 1.807) is 32.4 Å². The quantitative estimate of drug-likeness (QED) is 0.698. The molecular formula is C18H27N3O5. The van der Waals surface area contributed by atoms with E-state index in [9.17, 15) is 4.79 Å². The summed E-state index contributed by atoms with van der Waals surface area (Å²) in [5, 5.41) is 14.9. The highest BCUT2D eigenvalue weighted by Gasteiger charge is 2.37. The molecule has 8 heteroatoms. The number of morpholine rings is 1. The Morgan fingerprint density at radius 1 is 1.35 bits per heavy atom. The topological polar surface area (TPSA) is 92.3 Å². The summed E-state index contributed by atoms with van der Waals surface area (Å²) in [6.45, 7) is 2.37. The maximum atomic E-state index is 12.4. The van der Waals surface area contributed by atoms with Gasteiger partial charge in [-0.05, 0) is 25.0 Å². The number of anilines is 1. The maximum Gasteiger partial charge on any atom is 0.319 e. The van der Waals surface area contributed by atoms with Crippen LogP contribution < -0.4 is 20.1 Å². The van der Waals surface area contributed by atoms with Gasteiger partial charge in [-0.15, -0.1) is 0 Å². The fourth-order valence-electron chi connectivity index (χ4n) is 3.62. The standard InChI is InChI=1S/C18H27N3O5/c1-24-14-3-4-17(25-2)16(8-14)20-18(23)19-12-7-13-11-26-15(5-6-22)10-21(13)9-12/h3-4,8,12-13,15,22H,5-7,9-11H2,1-2H3,(H2,19,20,23)/t12-,13-,15-/m0/s1. The lowest BCUT2D eigenvalue weighted by molar-refractivity contribution is -0.0566. The van der Waals surface area contributed by atoms with E-state index >= 15 is 0 Å². The summed E-state index contributed by atoms with van der Waals surface area (Å²) in [7, 11) is 3.13. The molecule has 0 bridgehead atoms. The van der Waals surface area contributed by atoms with E-state index in [1.807, 2.05) is 0 Å². The number of aliphatic hydroxyl groups is 1. The summed E-state index contributed by atoms with van der Waals surface area (Å²) >= 11 is 0. The molecule has 0 spiro atoms. The van der Waals surface area contributed by atoms with Crippen molar-refractivity contribution >= 4 is 11.7 Å². The molecule has 0 aliphatic carbocycles. The third-order valence-electron chi connectivity index (χ3n) is 4.93. The smallest absolute Gasteiger partial charge is 0.319 e. The fraction of sp³-hybridized carbons (Fsp3) is 0.611. The zero-order valence-electron chi connectivity index (χ0n) is 15.2. The zero-order valence-corrected chi connectivity index (χ0v) is 15.2. The Bertz CT molecular complexity index is 627. The second-order valence-corrected chi connectivity index (χ2v) is 6.67. The normalized spacial score (nSPS) is 25.4. The third kappa shape index (κ3) is 4.38. The molecule has 3 atom stereocenters. The predicted octanol–water partition coefficient (Wildman–Crippen LogP) is 1.05. The van der Waals surface area contributed by atoms with Crippen LogP contribution in [-0.4, -0.2) is 74.7 Å². The number of nitrogens with zero attached hydrogens (tertiary/aromatic N) is 1. The Morgan fingerprint density at radius 2 is 2.19 bits per heavy atom. The van der Waals surface area contributed by atoms with Gasteiger partial charge in [0.1, 0.15) is 11.5 Å². The van der Waals surface area contributed by atoms with Crippen molar-refractivity contribution in [2.75, 3.05) is 45.8 Å². The lowest BCUT2D eigenvalue weighted by atomic mass is 10.1. The number of hydrogen-bond donors (Lipinski definition) is 3. The van der Waals surface area contributed by atoms with Crippen LogP contribution in [0.5, 0.6) is 11.5 Å². The molecule has 3 rings (SSSR count). The molecule has 0 saturated carbocycles. The largest absolute Gasteiger partial charge is 0.497 e. The van der Waals surface area contributed by atoms with E-state index in [2.05, 4.69) is 15.5 Å². The van der Waals surface area contributed by atoms with E-state index < -0.39 is 0 Å². The number of carbonyl (C=O) groups is 1. The van der Waals surface area contributed by atoms with Crippen molar-refractivity contribution in [3.8, 4) is 11.5 Å². The van der Waals surface area contributed by atoms with Gasteiger partial charge in [0.2, 0.25) is 0 Å². The van der Waals surface area contributed by atoms with Gasteiger partial charge in [0, 0.05) is 37.8 Å². The molecule has 0 unspecified atom stereocenters. The fourth-order valence-corrected chi connectivity index (χ4v) is 3.62. The summed E-state index contributed by atoms with van der Waals surface area (Å²) < 4.78 is 16.3. The van der Waals surface area contributed by atoms with Gasteiger partial charge in [-0.2, -0.15) is 0 Å². The molecule has 0 aromatic heterocycles. The molecule has 1 aromatic carbocycles. The van der Waals surface area contributed by atoms with Crippen molar-refractivity contribution in [3.63, 3.8) is 0 Å². The number of hydrogen-bond acceptors (Lipinski definition) is 6. The Labute approximate surface area is 153 Å². The molecule has 1 aromatic rings. The lowest BCUT2D eigenvalue weighted by Gasteiger charge is -2.34. The van der Waals surface area contributed by atoms with Crippen molar-refractivity contribution in [1.29, 1.82) is 0 Å². The molecule has 144 valence electrons. The second kappa shape index (κ2) is 8.57. The number of aliphatic hydroxyl groups excluding tert-OH is 1. The minimum absolute atomic E-state index is 0.0630. The Balaban J connectivity index is 1.55. The average molecular weight is 365 g/mol. The summed E-state index contributed by atoms with van der Waals surface area (Å²) in [6.07, 6.45) is 1.58. The van der Waals surface area contributed by atoms with E-state index in [0.29, 0.717) is 36.3 Å². The first-order valence-electron chi connectivity index (χ1n) is 8.89. The van der Waals surface area contributed by atoms with Crippen molar-refractivity contribution in [3.05, 3.63) is 18.2 Å². The van der Waals surface area contributed by atoms with Crippen molar-refractivity contribution in [2.45, 2.75) is 31.0 Å². The molecule has 2 aliphatic rings. The van der Waals surface area contributed by atoms with Crippen LogP contribution in [-0.2, 0) is 4.74 Å². The van der Waals surface area contributed by atoms with Crippen LogP contribution in [0, 0.1) is 0 Å². The zero-order chi connectivity index (χ0) is 18.5. The molecular weight excluding hydrogens is 338 g/mol. The SMILES string of the molecule is COc1ccc(OC)c(NC(=O)N[C@H]2C[C@H]3CO[C@@H](CCO)CN3C2)c1. The highest BCUT2D eigenvalue weighted by molar-refractivity contribution is 5.91. The summed E-state index contributed by atoms with van der Waals surface area (Å²) in [5.74, 6) is 1.22. The molecule has 2 amide bonds. The van der Waals surface area contributed by atoms with Crippen LogP contribution in [0.15, 0.2) is 18.2 Å². The molecule has 2 fully saturated rings. The van der Waals surface area contributed by atoms with Gasteiger partial charge >= 0.3 is 6.03 Å². The maximum absolute atomic E-state index is 12.4. The van der Waals surface area contributed by atoms with Gasteiger partial charge in [0.25, 0.3) is 0 Å². The van der Waals surface area contributed by atoms with Crippen LogP contribution >= 0.6 is 0 Å². The minimum Gasteiger partial charge on any atom is -0.497 e. The number of benzene rings is 1. The Morgan fingerprint density at radius 3 is 2.92 bits per heavy atom.